The zero-order valence-electron chi connectivity index (χ0n) is 11.8. The predicted octanol–water partition coefficient (Wildman–Crippen LogP) is 4.27. The van der Waals surface area contributed by atoms with E-state index in [1.54, 1.807) is 24.1 Å². The lowest BCUT2D eigenvalue weighted by Crippen LogP contribution is -2.27. The summed E-state index contributed by atoms with van der Waals surface area (Å²) < 4.78 is 5.21. The third kappa shape index (κ3) is 3.49. The molecule has 0 unspecified atom stereocenters. The van der Waals surface area contributed by atoms with E-state index in [2.05, 4.69) is 0 Å². The van der Waals surface area contributed by atoms with Gasteiger partial charge in [0, 0.05) is 13.6 Å². The van der Waals surface area contributed by atoms with Crippen molar-refractivity contribution in [3.8, 4) is 5.75 Å². The first-order valence-electron chi connectivity index (χ1n) is 6.36. The highest BCUT2D eigenvalue weighted by atomic mass is 35.5. The molecule has 0 saturated carbocycles. The number of rotatable bonds is 4. The fourth-order valence-electron chi connectivity index (χ4n) is 2.05. The SMILES string of the molecule is COc1c(Cl)ccc(Cl)c1C(=O)N(C)Cc1ccccc1. The van der Waals surface area contributed by atoms with Gasteiger partial charge in [0.15, 0.2) is 5.75 Å². The van der Waals surface area contributed by atoms with Crippen LogP contribution in [0.4, 0.5) is 0 Å². The number of halogens is 2. The first-order valence-corrected chi connectivity index (χ1v) is 7.11. The van der Waals surface area contributed by atoms with Crippen molar-refractivity contribution < 1.29 is 9.53 Å². The molecule has 21 heavy (non-hydrogen) atoms. The molecule has 0 aliphatic rings. The molecule has 2 rings (SSSR count). The maximum atomic E-state index is 12.6. The second kappa shape index (κ2) is 6.83. The van der Waals surface area contributed by atoms with E-state index in [4.69, 9.17) is 27.9 Å². The Labute approximate surface area is 134 Å². The summed E-state index contributed by atoms with van der Waals surface area (Å²) in [6.07, 6.45) is 0. The number of hydrogen-bond acceptors (Lipinski definition) is 2. The number of amides is 1. The minimum Gasteiger partial charge on any atom is -0.494 e. The van der Waals surface area contributed by atoms with Crippen molar-refractivity contribution in [3.63, 3.8) is 0 Å². The number of carbonyl (C=O) groups is 1. The van der Waals surface area contributed by atoms with Crippen molar-refractivity contribution in [1.82, 2.24) is 4.90 Å². The molecule has 0 heterocycles. The second-order valence-corrected chi connectivity index (χ2v) is 5.40. The van der Waals surface area contributed by atoms with Crippen molar-refractivity contribution in [2.24, 2.45) is 0 Å². The highest BCUT2D eigenvalue weighted by Gasteiger charge is 2.22. The largest absolute Gasteiger partial charge is 0.494 e. The Morgan fingerprint density at radius 3 is 2.33 bits per heavy atom. The Balaban J connectivity index is 2.30. The van der Waals surface area contributed by atoms with Crippen LogP contribution in [0.5, 0.6) is 5.75 Å². The van der Waals surface area contributed by atoms with E-state index < -0.39 is 0 Å². The lowest BCUT2D eigenvalue weighted by molar-refractivity contribution is 0.0782. The van der Waals surface area contributed by atoms with Gasteiger partial charge in [-0.05, 0) is 17.7 Å². The van der Waals surface area contributed by atoms with Gasteiger partial charge in [0.05, 0.1) is 17.2 Å². The summed E-state index contributed by atoms with van der Waals surface area (Å²) in [5.74, 6) is 0.0669. The lowest BCUT2D eigenvalue weighted by atomic mass is 10.1. The molecule has 0 saturated heterocycles. The third-order valence-corrected chi connectivity index (χ3v) is 3.70. The minimum atomic E-state index is -0.233. The maximum Gasteiger partial charge on any atom is 0.259 e. The van der Waals surface area contributed by atoms with Gasteiger partial charge in [-0.15, -0.1) is 0 Å². The Morgan fingerprint density at radius 1 is 1.10 bits per heavy atom. The van der Waals surface area contributed by atoms with E-state index in [0.29, 0.717) is 22.3 Å². The highest BCUT2D eigenvalue weighted by molar-refractivity contribution is 6.37. The van der Waals surface area contributed by atoms with Gasteiger partial charge in [-0.25, -0.2) is 0 Å². The fourth-order valence-corrected chi connectivity index (χ4v) is 2.52. The molecule has 2 aromatic rings. The van der Waals surface area contributed by atoms with E-state index in [9.17, 15) is 4.79 Å². The van der Waals surface area contributed by atoms with Crippen LogP contribution in [0.1, 0.15) is 15.9 Å². The Bertz CT molecular complexity index is 644. The minimum absolute atomic E-state index is 0.233. The average molecular weight is 324 g/mol. The quantitative estimate of drug-likeness (QED) is 0.840. The Hall–Kier alpha value is -1.71. The van der Waals surface area contributed by atoms with Crippen LogP contribution in [-0.4, -0.2) is 25.0 Å². The smallest absolute Gasteiger partial charge is 0.259 e. The molecule has 2 aromatic carbocycles. The van der Waals surface area contributed by atoms with Gasteiger partial charge in [0.1, 0.15) is 5.56 Å². The predicted molar refractivity (Wildman–Crippen MR) is 85.3 cm³/mol. The van der Waals surface area contributed by atoms with Gasteiger partial charge in [-0.3, -0.25) is 4.79 Å². The van der Waals surface area contributed by atoms with Crippen LogP contribution < -0.4 is 4.74 Å². The first kappa shape index (κ1) is 15.7. The Kier molecular flexibility index (Phi) is 5.10. The first-order chi connectivity index (χ1) is 10.0. The standard InChI is InChI=1S/C16H15Cl2NO2/c1-19(10-11-6-4-3-5-7-11)16(20)14-12(17)8-9-13(18)15(14)21-2/h3-9H,10H2,1-2H3. The van der Waals surface area contributed by atoms with Gasteiger partial charge in [0.25, 0.3) is 5.91 Å². The summed E-state index contributed by atoms with van der Waals surface area (Å²) in [5.41, 5.74) is 1.32. The molecule has 0 N–H and O–H groups in total. The molecule has 0 aromatic heterocycles. The number of carbonyl (C=O) groups excluding carboxylic acids is 1. The van der Waals surface area contributed by atoms with E-state index >= 15 is 0 Å². The Morgan fingerprint density at radius 2 is 1.71 bits per heavy atom. The number of methoxy groups -OCH3 is 1. The van der Waals surface area contributed by atoms with Crippen LogP contribution >= 0.6 is 23.2 Å². The molecule has 1 amide bonds. The molecular formula is C16H15Cl2NO2. The van der Waals surface area contributed by atoms with Crippen LogP contribution in [0.3, 0.4) is 0 Å². The van der Waals surface area contributed by atoms with Crippen molar-refractivity contribution in [2.45, 2.75) is 6.54 Å². The van der Waals surface area contributed by atoms with Crippen LogP contribution in [0.2, 0.25) is 10.0 Å². The molecule has 3 nitrogen and oxygen atoms in total. The van der Waals surface area contributed by atoms with Gasteiger partial charge in [0.2, 0.25) is 0 Å². The molecule has 110 valence electrons. The zero-order valence-corrected chi connectivity index (χ0v) is 13.3. The molecule has 0 aliphatic carbocycles. The van der Waals surface area contributed by atoms with E-state index in [1.165, 1.54) is 7.11 Å². The summed E-state index contributed by atoms with van der Waals surface area (Å²) in [4.78, 5) is 14.2. The average Bonchev–Trinajstić information content (AvgIpc) is 2.49. The summed E-state index contributed by atoms with van der Waals surface area (Å²) >= 11 is 12.2. The molecule has 5 heteroatoms. The van der Waals surface area contributed by atoms with Crippen molar-refractivity contribution in [1.29, 1.82) is 0 Å². The number of hydrogen-bond donors (Lipinski definition) is 0. The lowest BCUT2D eigenvalue weighted by Gasteiger charge is -2.20. The van der Waals surface area contributed by atoms with Crippen molar-refractivity contribution >= 4 is 29.1 Å². The van der Waals surface area contributed by atoms with Gasteiger partial charge in [-0.1, -0.05) is 53.5 Å². The van der Waals surface area contributed by atoms with E-state index in [1.807, 2.05) is 30.3 Å². The van der Waals surface area contributed by atoms with Gasteiger partial charge < -0.3 is 9.64 Å². The molecule has 0 spiro atoms. The molecule has 0 fully saturated rings. The third-order valence-electron chi connectivity index (χ3n) is 3.09. The molecule has 0 aliphatic heterocycles. The molecule has 0 bridgehead atoms. The molecular weight excluding hydrogens is 309 g/mol. The summed E-state index contributed by atoms with van der Waals surface area (Å²) in [7, 11) is 3.18. The topological polar surface area (TPSA) is 29.5 Å². The summed E-state index contributed by atoms with van der Waals surface area (Å²) in [5, 5.41) is 0.680. The van der Waals surface area contributed by atoms with E-state index in [0.717, 1.165) is 5.56 Å². The summed E-state index contributed by atoms with van der Waals surface area (Å²) in [6, 6.07) is 12.9. The number of ether oxygens (including phenoxy) is 1. The number of nitrogens with zero attached hydrogens (tertiary/aromatic N) is 1. The van der Waals surface area contributed by atoms with E-state index in [-0.39, 0.29) is 11.5 Å². The second-order valence-electron chi connectivity index (χ2n) is 4.58. The molecule has 0 radical (unpaired) electrons. The number of benzene rings is 2. The monoisotopic (exact) mass is 323 g/mol. The van der Waals surface area contributed by atoms with Crippen molar-refractivity contribution in [3.05, 3.63) is 63.6 Å². The zero-order chi connectivity index (χ0) is 15.4. The van der Waals surface area contributed by atoms with Crippen LogP contribution in [0.15, 0.2) is 42.5 Å². The molecule has 0 atom stereocenters. The van der Waals surface area contributed by atoms with Gasteiger partial charge in [-0.2, -0.15) is 0 Å². The summed E-state index contributed by atoms with van der Waals surface area (Å²) in [6.45, 7) is 0.478. The fraction of sp³-hybridized carbons (Fsp3) is 0.188. The van der Waals surface area contributed by atoms with Gasteiger partial charge >= 0.3 is 0 Å². The maximum absolute atomic E-state index is 12.6. The van der Waals surface area contributed by atoms with Crippen LogP contribution in [0, 0.1) is 0 Å². The van der Waals surface area contributed by atoms with Crippen LogP contribution in [-0.2, 0) is 6.54 Å². The van der Waals surface area contributed by atoms with Crippen molar-refractivity contribution in [2.75, 3.05) is 14.2 Å². The normalized spacial score (nSPS) is 10.3. The van der Waals surface area contributed by atoms with Crippen LogP contribution in [0.25, 0.3) is 0 Å². The highest BCUT2D eigenvalue weighted by Crippen LogP contribution is 2.34.